The molecule has 2 aliphatic carbocycles. The monoisotopic (exact) mass is 234 g/mol. The lowest BCUT2D eigenvalue weighted by atomic mass is 9.70. The van der Waals surface area contributed by atoms with Gasteiger partial charge in [-0.1, -0.05) is 26.2 Å². The average Bonchev–Trinajstić information content (AvgIpc) is 2.40. The van der Waals surface area contributed by atoms with Crippen molar-refractivity contribution < 1.29 is 9.31 Å². The van der Waals surface area contributed by atoms with E-state index in [0.29, 0.717) is 0 Å². The Hall–Kier alpha value is -0.435. The van der Waals surface area contributed by atoms with Gasteiger partial charge >= 0.3 is 7.12 Å². The summed E-state index contributed by atoms with van der Waals surface area (Å²) < 4.78 is 12.4. The smallest absolute Gasteiger partial charge is 0.525 e. The molecule has 3 rings (SSSR count). The summed E-state index contributed by atoms with van der Waals surface area (Å²) in [5, 5.41) is 0. The van der Waals surface area contributed by atoms with Gasteiger partial charge in [-0.05, 0) is 44.0 Å². The fourth-order valence-corrected chi connectivity index (χ4v) is 3.70. The van der Waals surface area contributed by atoms with Crippen LogP contribution in [0.25, 0.3) is 0 Å². The first kappa shape index (κ1) is 11.6. The maximum absolute atomic E-state index is 6.35. The highest BCUT2D eigenvalue weighted by molar-refractivity contribution is 6.45. The minimum atomic E-state index is 0.0185. The minimum absolute atomic E-state index is 0.0185. The zero-order valence-electron chi connectivity index (χ0n) is 11.0. The molecule has 0 aromatic rings. The molecule has 0 atom stereocenters. The molecule has 0 N–H and O–H groups in total. The molecule has 0 saturated heterocycles. The van der Waals surface area contributed by atoms with Gasteiger partial charge in [0.15, 0.2) is 0 Å². The van der Waals surface area contributed by atoms with Crippen LogP contribution in [-0.4, -0.2) is 12.7 Å². The molecule has 1 spiro atoms. The van der Waals surface area contributed by atoms with Crippen LogP contribution < -0.4 is 0 Å². The summed E-state index contributed by atoms with van der Waals surface area (Å²) in [6.45, 7) is 2.16. The molecule has 0 aromatic carbocycles. The summed E-state index contributed by atoms with van der Waals surface area (Å²) in [5.74, 6) is 1.30. The second-order valence-corrected chi connectivity index (χ2v) is 5.74. The van der Waals surface area contributed by atoms with Gasteiger partial charge in [-0.2, -0.15) is 0 Å². The lowest BCUT2D eigenvalue weighted by Gasteiger charge is -2.47. The van der Waals surface area contributed by atoms with Crippen LogP contribution in [0.5, 0.6) is 0 Å². The maximum atomic E-state index is 6.35. The summed E-state index contributed by atoms with van der Waals surface area (Å²) in [6, 6.07) is 0. The first-order valence-corrected chi connectivity index (χ1v) is 7.41. The van der Waals surface area contributed by atoms with Crippen LogP contribution in [0.1, 0.15) is 64.7 Å². The first-order valence-electron chi connectivity index (χ1n) is 7.41. The Morgan fingerprint density at radius 1 is 1.06 bits per heavy atom. The van der Waals surface area contributed by atoms with Crippen molar-refractivity contribution in [1.82, 2.24) is 0 Å². The Morgan fingerprint density at radius 2 is 1.82 bits per heavy atom. The third-order valence-corrected chi connectivity index (χ3v) is 4.59. The SMILES string of the molecule is CCB1OC2=C(CCCC2)C2(CCCCC2)O1. The van der Waals surface area contributed by atoms with Crippen LogP contribution >= 0.6 is 0 Å². The molecule has 1 heterocycles. The lowest BCUT2D eigenvalue weighted by Crippen LogP contribution is -2.48. The van der Waals surface area contributed by atoms with Gasteiger partial charge in [-0.15, -0.1) is 0 Å². The van der Waals surface area contributed by atoms with Crippen molar-refractivity contribution in [3.8, 4) is 0 Å². The van der Waals surface area contributed by atoms with Crippen molar-refractivity contribution in [2.45, 2.75) is 76.6 Å². The molecular weight excluding hydrogens is 211 g/mol. The molecular formula is C14H23BO2. The van der Waals surface area contributed by atoms with Crippen LogP contribution in [0, 0.1) is 0 Å². The van der Waals surface area contributed by atoms with Crippen molar-refractivity contribution in [3.63, 3.8) is 0 Å². The normalized spacial score (nSPS) is 27.9. The van der Waals surface area contributed by atoms with E-state index in [0.717, 1.165) is 12.7 Å². The largest absolute Gasteiger partial charge is 0.539 e. The van der Waals surface area contributed by atoms with Crippen LogP contribution in [0.2, 0.25) is 6.32 Å². The summed E-state index contributed by atoms with van der Waals surface area (Å²) in [6.07, 6.45) is 12.4. The molecule has 17 heavy (non-hydrogen) atoms. The molecule has 1 fully saturated rings. The molecule has 1 saturated carbocycles. The summed E-state index contributed by atoms with van der Waals surface area (Å²) in [7, 11) is 0.0185. The second kappa shape index (κ2) is 4.68. The topological polar surface area (TPSA) is 18.5 Å². The number of hydrogen-bond donors (Lipinski definition) is 0. The van der Waals surface area contributed by atoms with Gasteiger partial charge in [0.2, 0.25) is 0 Å². The molecule has 0 aromatic heterocycles. The van der Waals surface area contributed by atoms with Crippen molar-refractivity contribution in [2.75, 3.05) is 0 Å². The summed E-state index contributed by atoms with van der Waals surface area (Å²) >= 11 is 0. The lowest BCUT2D eigenvalue weighted by molar-refractivity contribution is 0.0115. The van der Waals surface area contributed by atoms with E-state index in [-0.39, 0.29) is 12.7 Å². The highest BCUT2D eigenvalue weighted by Gasteiger charge is 2.46. The fraction of sp³-hybridized carbons (Fsp3) is 0.857. The number of hydrogen-bond acceptors (Lipinski definition) is 2. The molecule has 3 aliphatic rings. The standard InChI is InChI=1S/C14H23BO2/c1-2-15-16-13-9-5-4-8-12(13)14(17-15)10-6-3-7-11-14/h2-11H2,1H3. The van der Waals surface area contributed by atoms with E-state index in [4.69, 9.17) is 9.31 Å². The Kier molecular flexibility index (Phi) is 3.20. The molecule has 0 radical (unpaired) electrons. The molecule has 94 valence electrons. The zero-order chi connectivity index (χ0) is 11.7. The first-order chi connectivity index (χ1) is 8.34. The Labute approximate surface area is 105 Å². The summed E-state index contributed by atoms with van der Waals surface area (Å²) in [4.78, 5) is 0. The van der Waals surface area contributed by atoms with E-state index < -0.39 is 0 Å². The molecule has 0 amide bonds. The van der Waals surface area contributed by atoms with E-state index in [1.54, 1.807) is 0 Å². The molecule has 0 bridgehead atoms. The van der Waals surface area contributed by atoms with Crippen molar-refractivity contribution in [3.05, 3.63) is 11.3 Å². The molecule has 0 unspecified atom stereocenters. The van der Waals surface area contributed by atoms with Crippen molar-refractivity contribution in [1.29, 1.82) is 0 Å². The third-order valence-electron chi connectivity index (χ3n) is 4.59. The van der Waals surface area contributed by atoms with Gasteiger partial charge in [0.05, 0.1) is 11.4 Å². The van der Waals surface area contributed by atoms with E-state index >= 15 is 0 Å². The minimum Gasteiger partial charge on any atom is -0.539 e. The van der Waals surface area contributed by atoms with Gasteiger partial charge in [0.1, 0.15) is 0 Å². The third kappa shape index (κ3) is 2.03. The quantitative estimate of drug-likeness (QED) is 0.636. The Bertz CT molecular complexity index is 318. The number of rotatable bonds is 1. The molecule has 3 heteroatoms. The summed E-state index contributed by atoms with van der Waals surface area (Å²) in [5.41, 5.74) is 1.61. The van der Waals surface area contributed by atoms with Crippen LogP contribution in [0.4, 0.5) is 0 Å². The number of allylic oxidation sites excluding steroid dienone is 1. The highest BCUT2D eigenvalue weighted by Crippen LogP contribution is 2.47. The van der Waals surface area contributed by atoms with Crippen LogP contribution in [0.3, 0.4) is 0 Å². The van der Waals surface area contributed by atoms with E-state index in [1.807, 2.05) is 0 Å². The predicted molar refractivity (Wildman–Crippen MR) is 69.7 cm³/mol. The fourth-order valence-electron chi connectivity index (χ4n) is 3.70. The highest BCUT2D eigenvalue weighted by atomic mass is 16.6. The average molecular weight is 234 g/mol. The van der Waals surface area contributed by atoms with Crippen LogP contribution in [0.15, 0.2) is 11.3 Å². The van der Waals surface area contributed by atoms with Gasteiger partial charge in [0, 0.05) is 6.42 Å². The molecule has 1 aliphatic heterocycles. The van der Waals surface area contributed by atoms with Gasteiger partial charge < -0.3 is 9.31 Å². The van der Waals surface area contributed by atoms with Crippen LogP contribution in [-0.2, 0) is 9.31 Å². The van der Waals surface area contributed by atoms with E-state index in [9.17, 15) is 0 Å². The second-order valence-electron chi connectivity index (χ2n) is 5.74. The maximum Gasteiger partial charge on any atom is 0.525 e. The zero-order valence-corrected chi connectivity index (χ0v) is 11.0. The Balaban J connectivity index is 1.93. The predicted octanol–water partition coefficient (Wildman–Crippen LogP) is 4.07. The van der Waals surface area contributed by atoms with E-state index in [2.05, 4.69) is 6.92 Å². The molecule has 2 nitrogen and oxygen atoms in total. The van der Waals surface area contributed by atoms with E-state index in [1.165, 1.54) is 62.7 Å². The van der Waals surface area contributed by atoms with Gasteiger partial charge in [0.25, 0.3) is 0 Å². The van der Waals surface area contributed by atoms with Crippen molar-refractivity contribution >= 4 is 7.12 Å². The van der Waals surface area contributed by atoms with Gasteiger partial charge in [-0.3, -0.25) is 0 Å². The van der Waals surface area contributed by atoms with Crippen molar-refractivity contribution in [2.24, 2.45) is 0 Å². The Morgan fingerprint density at radius 3 is 2.59 bits per heavy atom. The van der Waals surface area contributed by atoms with Gasteiger partial charge in [-0.25, -0.2) is 0 Å². The number of fused-ring (bicyclic) bond motifs is 1.